The molecule has 0 radical (unpaired) electrons. The molecule has 11 heteroatoms. The van der Waals surface area contributed by atoms with Crippen molar-refractivity contribution in [3.05, 3.63) is 62.9 Å². The van der Waals surface area contributed by atoms with Crippen LogP contribution >= 0.6 is 11.6 Å². The molecule has 134 valence electrons. The van der Waals surface area contributed by atoms with Gasteiger partial charge in [-0.1, -0.05) is 23.7 Å². The summed E-state index contributed by atoms with van der Waals surface area (Å²) in [4.78, 5) is 22.6. The maximum Gasteiger partial charge on any atom is 0.362 e. The van der Waals surface area contributed by atoms with Crippen LogP contribution < -0.4 is 10.1 Å². The van der Waals surface area contributed by atoms with Crippen molar-refractivity contribution in [1.82, 2.24) is 20.0 Å². The number of ether oxygens (including phenoxy) is 1. The Hall–Kier alpha value is -3.40. The van der Waals surface area contributed by atoms with Crippen LogP contribution in [0.25, 0.3) is 0 Å². The number of halogens is 1. The molecule has 0 spiro atoms. The normalized spacial score (nSPS) is 10.5. The standard InChI is InChI=1S/C15H13ClN6O4/c1-26-15-13(22(24)25)12(18-19-15)14(23)17-11-5-6-21(20-11)8-9-3-2-4-10(16)7-9/h2-7H,8H2,1H3,(H,18,19)(H,17,20,23). The second-order valence-corrected chi connectivity index (χ2v) is 5.63. The highest BCUT2D eigenvalue weighted by molar-refractivity contribution is 6.30. The number of nitro groups is 1. The van der Waals surface area contributed by atoms with Crippen LogP contribution in [0.2, 0.25) is 5.02 Å². The number of hydrogen-bond donors (Lipinski definition) is 2. The SMILES string of the molecule is COc1n[nH]c(C(=O)Nc2ccn(Cc3cccc(Cl)c3)n2)c1[N+](=O)[O-]. The Morgan fingerprint density at radius 2 is 2.27 bits per heavy atom. The Morgan fingerprint density at radius 1 is 1.46 bits per heavy atom. The Morgan fingerprint density at radius 3 is 2.96 bits per heavy atom. The minimum atomic E-state index is -0.750. The summed E-state index contributed by atoms with van der Waals surface area (Å²) in [6.07, 6.45) is 1.67. The van der Waals surface area contributed by atoms with Crippen molar-refractivity contribution < 1.29 is 14.5 Å². The van der Waals surface area contributed by atoms with Gasteiger partial charge >= 0.3 is 11.6 Å². The Kier molecular flexibility index (Phi) is 4.85. The van der Waals surface area contributed by atoms with Gasteiger partial charge in [0.25, 0.3) is 5.91 Å². The molecular weight excluding hydrogens is 364 g/mol. The molecule has 0 aliphatic carbocycles. The maximum absolute atomic E-state index is 12.3. The first kappa shape index (κ1) is 17.4. The Balaban J connectivity index is 1.74. The molecule has 0 aliphatic rings. The van der Waals surface area contributed by atoms with Crippen LogP contribution in [0.4, 0.5) is 11.5 Å². The zero-order valence-corrected chi connectivity index (χ0v) is 14.2. The van der Waals surface area contributed by atoms with Crippen LogP contribution in [0.5, 0.6) is 5.88 Å². The number of nitrogens with zero attached hydrogens (tertiary/aromatic N) is 4. The van der Waals surface area contributed by atoms with Gasteiger partial charge in [-0.3, -0.25) is 24.7 Å². The average molecular weight is 377 g/mol. The first-order valence-electron chi connectivity index (χ1n) is 7.34. The molecule has 0 bridgehead atoms. The molecule has 0 atom stereocenters. The number of nitrogens with one attached hydrogen (secondary N) is 2. The maximum atomic E-state index is 12.3. The first-order chi connectivity index (χ1) is 12.5. The number of benzene rings is 1. The summed E-state index contributed by atoms with van der Waals surface area (Å²) >= 11 is 5.95. The molecule has 1 amide bonds. The largest absolute Gasteiger partial charge is 0.475 e. The Labute approximate surface area is 151 Å². The summed E-state index contributed by atoms with van der Waals surface area (Å²) in [7, 11) is 1.22. The lowest BCUT2D eigenvalue weighted by Crippen LogP contribution is -2.15. The van der Waals surface area contributed by atoms with Crippen LogP contribution in [0, 0.1) is 10.1 Å². The van der Waals surface area contributed by atoms with E-state index < -0.39 is 16.5 Å². The van der Waals surface area contributed by atoms with Crippen molar-refractivity contribution in [3.8, 4) is 5.88 Å². The van der Waals surface area contributed by atoms with E-state index in [-0.39, 0.29) is 17.4 Å². The molecule has 2 N–H and O–H groups in total. The molecule has 0 aliphatic heterocycles. The van der Waals surface area contributed by atoms with Crippen molar-refractivity contribution in [2.75, 3.05) is 12.4 Å². The van der Waals surface area contributed by atoms with Crippen LogP contribution in [-0.4, -0.2) is 37.9 Å². The second-order valence-electron chi connectivity index (χ2n) is 5.20. The number of methoxy groups -OCH3 is 1. The monoisotopic (exact) mass is 376 g/mol. The van der Waals surface area contributed by atoms with Gasteiger partial charge in [0.1, 0.15) is 0 Å². The number of rotatable bonds is 6. The number of aromatic amines is 1. The minimum absolute atomic E-state index is 0.236. The molecular formula is C15H13ClN6O4. The lowest BCUT2D eigenvalue weighted by Gasteiger charge is -2.03. The zero-order chi connectivity index (χ0) is 18.7. The van der Waals surface area contributed by atoms with Gasteiger partial charge in [-0.15, -0.1) is 5.10 Å². The summed E-state index contributed by atoms with van der Waals surface area (Å²) in [5, 5.41) is 24.3. The van der Waals surface area contributed by atoms with Crippen LogP contribution in [0.15, 0.2) is 36.5 Å². The second kappa shape index (κ2) is 7.23. The fourth-order valence-electron chi connectivity index (χ4n) is 2.31. The number of H-pyrrole nitrogens is 1. The molecule has 3 rings (SSSR count). The van der Waals surface area contributed by atoms with E-state index in [9.17, 15) is 14.9 Å². The number of amides is 1. The van der Waals surface area contributed by atoms with Gasteiger partial charge in [0.05, 0.1) is 18.6 Å². The predicted octanol–water partition coefficient (Wildman–Crippen LogP) is 2.48. The van der Waals surface area contributed by atoms with Crippen molar-refractivity contribution >= 4 is 29.0 Å². The van der Waals surface area contributed by atoms with Crippen molar-refractivity contribution in [2.45, 2.75) is 6.54 Å². The summed E-state index contributed by atoms with van der Waals surface area (Å²) in [5.74, 6) is -0.785. The Bertz CT molecular complexity index is 967. The third-order valence-corrected chi connectivity index (χ3v) is 3.66. The molecule has 0 saturated heterocycles. The number of hydrogen-bond acceptors (Lipinski definition) is 6. The van der Waals surface area contributed by atoms with E-state index in [1.807, 2.05) is 18.2 Å². The van der Waals surface area contributed by atoms with Gasteiger partial charge in [0.2, 0.25) is 5.69 Å². The van der Waals surface area contributed by atoms with Crippen molar-refractivity contribution in [3.63, 3.8) is 0 Å². The van der Waals surface area contributed by atoms with E-state index in [4.69, 9.17) is 16.3 Å². The van der Waals surface area contributed by atoms with Crippen molar-refractivity contribution in [1.29, 1.82) is 0 Å². The van der Waals surface area contributed by atoms with Gasteiger partial charge in [-0.25, -0.2) is 0 Å². The molecule has 2 heterocycles. The van der Waals surface area contributed by atoms with Crippen LogP contribution in [0.3, 0.4) is 0 Å². The molecule has 2 aromatic heterocycles. The van der Waals surface area contributed by atoms with Crippen LogP contribution in [0.1, 0.15) is 16.1 Å². The van der Waals surface area contributed by atoms with Gasteiger partial charge in [0, 0.05) is 17.3 Å². The van der Waals surface area contributed by atoms with Gasteiger partial charge in [-0.2, -0.15) is 5.10 Å². The van der Waals surface area contributed by atoms with Gasteiger partial charge in [0.15, 0.2) is 5.82 Å². The summed E-state index contributed by atoms with van der Waals surface area (Å²) < 4.78 is 6.37. The number of aromatic nitrogens is 4. The van der Waals surface area contributed by atoms with E-state index in [0.29, 0.717) is 11.6 Å². The van der Waals surface area contributed by atoms with E-state index >= 15 is 0 Å². The molecule has 1 aromatic carbocycles. The predicted molar refractivity (Wildman–Crippen MR) is 92.5 cm³/mol. The van der Waals surface area contributed by atoms with Crippen LogP contribution in [-0.2, 0) is 6.54 Å². The van der Waals surface area contributed by atoms with Crippen molar-refractivity contribution in [2.24, 2.45) is 0 Å². The number of anilines is 1. The highest BCUT2D eigenvalue weighted by Gasteiger charge is 2.30. The molecule has 0 unspecified atom stereocenters. The highest BCUT2D eigenvalue weighted by Crippen LogP contribution is 2.28. The minimum Gasteiger partial charge on any atom is -0.475 e. The van der Waals surface area contributed by atoms with Gasteiger partial charge < -0.3 is 10.1 Å². The smallest absolute Gasteiger partial charge is 0.362 e. The molecule has 3 aromatic rings. The highest BCUT2D eigenvalue weighted by atomic mass is 35.5. The zero-order valence-electron chi connectivity index (χ0n) is 13.5. The third-order valence-electron chi connectivity index (χ3n) is 3.43. The lowest BCUT2D eigenvalue weighted by molar-refractivity contribution is -0.386. The van der Waals surface area contributed by atoms with E-state index in [2.05, 4.69) is 20.6 Å². The number of carbonyl (C=O) groups is 1. The van der Waals surface area contributed by atoms with E-state index in [1.165, 1.54) is 7.11 Å². The molecule has 0 fully saturated rings. The first-order valence-corrected chi connectivity index (χ1v) is 7.71. The van der Waals surface area contributed by atoms with E-state index in [1.54, 1.807) is 23.0 Å². The third kappa shape index (κ3) is 3.64. The average Bonchev–Trinajstić information content (AvgIpc) is 3.21. The van der Waals surface area contributed by atoms with Gasteiger partial charge in [-0.05, 0) is 17.7 Å². The molecule has 0 saturated carbocycles. The fourth-order valence-corrected chi connectivity index (χ4v) is 2.52. The molecule has 10 nitrogen and oxygen atoms in total. The quantitative estimate of drug-likeness (QED) is 0.502. The summed E-state index contributed by atoms with van der Waals surface area (Å²) in [5.41, 5.74) is 0.0759. The van der Waals surface area contributed by atoms with E-state index in [0.717, 1.165) is 5.56 Å². The topological polar surface area (TPSA) is 128 Å². The fraction of sp³-hybridized carbons (Fsp3) is 0.133. The summed E-state index contributed by atoms with van der Waals surface area (Å²) in [6, 6.07) is 8.87. The summed E-state index contributed by atoms with van der Waals surface area (Å²) in [6.45, 7) is 0.453. The lowest BCUT2D eigenvalue weighted by atomic mass is 10.2. The molecule has 26 heavy (non-hydrogen) atoms. The number of carbonyl (C=O) groups excluding carboxylic acids is 1.